The van der Waals surface area contributed by atoms with Crippen LogP contribution in [0.3, 0.4) is 0 Å². The lowest BCUT2D eigenvalue weighted by molar-refractivity contribution is -0.274. The number of nitrogens with one attached hydrogen (secondary N) is 1. The lowest BCUT2D eigenvalue weighted by Gasteiger charge is -2.29. The molecule has 1 aliphatic rings. The normalized spacial score (nSPS) is 14.7. The SMILES string of the molecule is O=C(NCc1ccc(OC(F)(F)F)cc1)c1cccnc1N1CCOCC1. The van der Waals surface area contributed by atoms with Crippen LogP contribution in [0.1, 0.15) is 15.9 Å². The molecule has 0 aliphatic carbocycles. The minimum absolute atomic E-state index is 0.169. The minimum Gasteiger partial charge on any atom is -0.406 e. The highest BCUT2D eigenvalue weighted by Crippen LogP contribution is 2.23. The van der Waals surface area contributed by atoms with Gasteiger partial charge in [-0.1, -0.05) is 12.1 Å². The molecule has 1 aliphatic heterocycles. The number of morpholine rings is 1. The van der Waals surface area contributed by atoms with Gasteiger partial charge in [-0.2, -0.15) is 0 Å². The Bertz CT molecular complexity index is 775. The van der Waals surface area contributed by atoms with Crippen LogP contribution in [-0.4, -0.2) is 43.6 Å². The second-order valence-corrected chi connectivity index (χ2v) is 5.85. The fraction of sp³-hybridized carbons (Fsp3) is 0.333. The fourth-order valence-electron chi connectivity index (χ4n) is 2.69. The number of ether oxygens (including phenoxy) is 2. The highest BCUT2D eigenvalue weighted by molar-refractivity contribution is 5.98. The number of aromatic nitrogens is 1. The number of hydrogen-bond donors (Lipinski definition) is 1. The second kappa shape index (κ2) is 8.26. The molecule has 0 spiro atoms. The molecule has 1 N–H and O–H groups in total. The number of carbonyl (C=O) groups excluding carboxylic acids is 1. The Balaban J connectivity index is 1.63. The zero-order valence-corrected chi connectivity index (χ0v) is 14.3. The maximum Gasteiger partial charge on any atom is 0.573 e. The highest BCUT2D eigenvalue weighted by Gasteiger charge is 2.31. The van der Waals surface area contributed by atoms with Gasteiger partial charge in [0.1, 0.15) is 11.6 Å². The van der Waals surface area contributed by atoms with Crippen LogP contribution in [0.5, 0.6) is 5.75 Å². The van der Waals surface area contributed by atoms with E-state index in [1.165, 1.54) is 24.3 Å². The smallest absolute Gasteiger partial charge is 0.406 e. The number of halogens is 3. The summed E-state index contributed by atoms with van der Waals surface area (Å²) in [6, 6.07) is 8.72. The molecule has 1 amide bonds. The van der Waals surface area contributed by atoms with Gasteiger partial charge in [0, 0.05) is 25.8 Å². The largest absolute Gasteiger partial charge is 0.573 e. The predicted molar refractivity (Wildman–Crippen MR) is 91.6 cm³/mol. The monoisotopic (exact) mass is 381 g/mol. The van der Waals surface area contributed by atoms with Crippen LogP contribution < -0.4 is 15.0 Å². The van der Waals surface area contributed by atoms with Gasteiger partial charge in [-0.05, 0) is 29.8 Å². The molecule has 0 saturated carbocycles. The first kappa shape index (κ1) is 19.0. The highest BCUT2D eigenvalue weighted by atomic mass is 19.4. The Hall–Kier alpha value is -2.81. The number of nitrogens with zero attached hydrogens (tertiary/aromatic N) is 2. The van der Waals surface area contributed by atoms with Crippen molar-refractivity contribution in [3.05, 3.63) is 53.7 Å². The number of carbonyl (C=O) groups is 1. The van der Waals surface area contributed by atoms with Crippen LogP contribution >= 0.6 is 0 Å². The quantitative estimate of drug-likeness (QED) is 0.863. The van der Waals surface area contributed by atoms with Gasteiger partial charge >= 0.3 is 6.36 Å². The summed E-state index contributed by atoms with van der Waals surface area (Å²) in [5, 5.41) is 2.76. The van der Waals surface area contributed by atoms with E-state index in [-0.39, 0.29) is 18.2 Å². The predicted octanol–water partition coefficient (Wildman–Crippen LogP) is 2.75. The van der Waals surface area contributed by atoms with Crippen LogP contribution in [0.15, 0.2) is 42.6 Å². The molecule has 2 aromatic rings. The zero-order chi connectivity index (χ0) is 19.3. The molecule has 1 saturated heterocycles. The van der Waals surface area contributed by atoms with E-state index >= 15 is 0 Å². The lowest BCUT2D eigenvalue weighted by Crippen LogP contribution is -2.38. The number of anilines is 1. The van der Waals surface area contributed by atoms with Crippen molar-refractivity contribution < 1.29 is 27.4 Å². The van der Waals surface area contributed by atoms with E-state index < -0.39 is 6.36 Å². The Labute approximate surface area is 153 Å². The molecule has 6 nitrogen and oxygen atoms in total. The third-order valence-electron chi connectivity index (χ3n) is 3.95. The summed E-state index contributed by atoms with van der Waals surface area (Å²) in [4.78, 5) is 18.9. The average Bonchev–Trinajstić information content (AvgIpc) is 2.67. The van der Waals surface area contributed by atoms with Crippen LogP contribution in [0.25, 0.3) is 0 Å². The molecule has 3 rings (SSSR count). The van der Waals surface area contributed by atoms with E-state index in [2.05, 4.69) is 15.0 Å². The van der Waals surface area contributed by atoms with Gasteiger partial charge in [0.05, 0.1) is 18.8 Å². The Morgan fingerprint density at radius 3 is 2.56 bits per heavy atom. The molecular formula is C18H18F3N3O3. The second-order valence-electron chi connectivity index (χ2n) is 5.85. The van der Waals surface area contributed by atoms with Crippen molar-refractivity contribution >= 4 is 11.7 Å². The molecule has 0 radical (unpaired) electrons. The van der Waals surface area contributed by atoms with Crippen molar-refractivity contribution in [2.24, 2.45) is 0 Å². The molecule has 1 fully saturated rings. The first-order valence-corrected chi connectivity index (χ1v) is 8.33. The molecule has 0 unspecified atom stereocenters. The number of amides is 1. The fourth-order valence-corrected chi connectivity index (χ4v) is 2.69. The van der Waals surface area contributed by atoms with Crippen LogP contribution in [0.2, 0.25) is 0 Å². The van der Waals surface area contributed by atoms with Crippen molar-refractivity contribution in [2.75, 3.05) is 31.2 Å². The molecule has 1 aromatic carbocycles. The lowest BCUT2D eigenvalue weighted by atomic mass is 10.2. The number of alkyl halides is 3. The maximum atomic E-state index is 12.6. The molecule has 0 atom stereocenters. The first-order chi connectivity index (χ1) is 12.9. The van der Waals surface area contributed by atoms with Crippen LogP contribution in [0.4, 0.5) is 19.0 Å². The number of hydrogen-bond acceptors (Lipinski definition) is 5. The van der Waals surface area contributed by atoms with Crippen molar-refractivity contribution in [2.45, 2.75) is 12.9 Å². The summed E-state index contributed by atoms with van der Waals surface area (Å²) in [5.41, 5.74) is 1.09. The summed E-state index contributed by atoms with van der Waals surface area (Å²) < 4.78 is 45.7. The van der Waals surface area contributed by atoms with Gasteiger partial charge in [-0.15, -0.1) is 13.2 Å². The standard InChI is InChI=1S/C18H18F3N3O3/c19-18(20,21)27-14-5-3-13(4-6-14)12-23-17(25)15-2-1-7-22-16(15)24-8-10-26-11-9-24/h1-7H,8-12H2,(H,23,25). The van der Waals surface area contributed by atoms with E-state index in [0.29, 0.717) is 43.2 Å². The van der Waals surface area contributed by atoms with Gasteiger partial charge < -0.3 is 19.7 Å². The number of pyridine rings is 1. The van der Waals surface area contributed by atoms with Crippen LogP contribution in [-0.2, 0) is 11.3 Å². The summed E-state index contributed by atoms with van der Waals surface area (Å²) in [6.45, 7) is 2.62. The van der Waals surface area contributed by atoms with Gasteiger partial charge in [0.15, 0.2) is 0 Å². The molecule has 9 heteroatoms. The average molecular weight is 381 g/mol. The van der Waals surface area contributed by atoms with Gasteiger partial charge in [0.25, 0.3) is 5.91 Å². The summed E-state index contributed by atoms with van der Waals surface area (Å²) in [5.74, 6) is -0.0214. The molecule has 1 aromatic heterocycles. The molecule has 2 heterocycles. The van der Waals surface area contributed by atoms with E-state index in [0.717, 1.165) is 0 Å². The van der Waals surface area contributed by atoms with Gasteiger partial charge in [-0.3, -0.25) is 4.79 Å². The summed E-state index contributed by atoms with van der Waals surface area (Å²) >= 11 is 0. The number of rotatable bonds is 5. The Kier molecular flexibility index (Phi) is 5.80. The van der Waals surface area contributed by atoms with E-state index in [1.54, 1.807) is 18.3 Å². The number of benzene rings is 1. The van der Waals surface area contributed by atoms with Gasteiger partial charge in [-0.25, -0.2) is 4.98 Å². The molecular weight excluding hydrogens is 363 g/mol. The minimum atomic E-state index is -4.73. The summed E-state index contributed by atoms with van der Waals surface area (Å²) in [6.07, 6.45) is -3.10. The third kappa shape index (κ3) is 5.33. The maximum absolute atomic E-state index is 12.6. The molecule has 27 heavy (non-hydrogen) atoms. The van der Waals surface area contributed by atoms with Gasteiger partial charge in [0.2, 0.25) is 0 Å². The molecule has 0 bridgehead atoms. The summed E-state index contributed by atoms with van der Waals surface area (Å²) in [7, 11) is 0. The van der Waals surface area contributed by atoms with E-state index in [9.17, 15) is 18.0 Å². The third-order valence-corrected chi connectivity index (χ3v) is 3.95. The first-order valence-electron chi connectivity index (χ1n) is 8.33. The zero-order valence-electron chi connectivity index (χ0n) is 14.3. The Morgan fingerprint density at radius 2 is 1.89 bits per heavy atom. The van der Waals surface area contributed by atoms with E-state index in [1.807, 2.05) is 4.90 Å². The van der Waals surface area contributed by atoms with E-state index in [4.69, 9.17) is 4.74 Å². The van der Waals surface area contributed by atoms with Crippen molar-refractivity contribution in [3.63, 3.8) is 0 Å². The van der Waals surface area contributed by atoms with Crippen molar-refractivity contribution in [3.8, 4) is 5.75 Å². The van der Waals surface area contributed by atoms with Crippen molar-refractivity contribution in [1.29, 1.82) is 0 Å². The topological polar surface area (TPSA) is 63.7 Å². The van der Waals surface area contributed by atoms with Crippen LogP contribution in [0, 0.1) is 0 Å². The Morgan fingerprint density at radius 1 is 1.19 bits per heavy atom. The van der Waals surface area contributed by atoms with Crippen molar-refractivity contribution in [1.82, 2.24) is 10.3 Å². The molecule has 144 valence electrons.